The van der Waals surface area contributed by atoms with Crippen molar-refractivity contribution in [2.75, 3.05) is 13.7 Å². The SMILES string of the molecule is COc1ccc2nc3c(nc2c1)O[C@H]1CN(C(=O)[C@H](C(C)(C)C)NC(=O)O[C@@H]2CC2CCCCC3)[C@H](C(=O)O)[C@@H]1C. The first kappa shape index (κ1) is 28.9. The van der Waals surface area contributed by atoms with Crippen LogP contribution in [-0.2, 0) is 20.7 Å². The Labute approximate surface area is 239 Å². The molecule has 6 atom stereocenters. The van der Waals surface area contributed by atoms with Gasteiger partial charge >= 0.3 is 12.1 Å². The lowest BCUT2D eigenvalue weighted by Gasteiger charge is -2.34. The number of hydrogen-bond acceptors (Lipinski definition) is 8. The minimum atomic E-state index is -1.14. The summed E-state index contributed by atoms with van der Waals surface area (Å²) >= 11 is 0. The molecule has 2 N–H and O–H groups in total. The molecule has 3 heterocycles. The smallest absolute Gasteiger partial charge is 0.408 e. The van der Waals surface area contributed by atoms with Crippen molar-refractivity contribution in [3.05, 3.63) is 23.9 Å². The van der Waals surface area contributed by atoms with Crippen molar-refractivity contribution in [3.8, 4) is 11.6 Å². The van der Waals surface area contributed by atoms with Gasteiger partial charge in [0.25, 0.3) is 0 Å². The van der Waals surface area contributed by atoms with Crippen molar-refractivity contribution in [2.45, 2.75) is 90.5 Å². The predicted molar refractivity (Wildman–Crippen MR) is 150 cm³/mol. The van der Waals surface area contributed by atoms with E-state index in [-0.39, 0.29) is 12.6 Å². The number of benzene rings is 1. The van der Waals surface area contributed by atoms with Gasteiger partial charge in [0.1, 0.15) is 35.7 Å². The number of carboxylic acid groups (broad SMARTS) is 1. The summed E-state index contributed by atoms with van der Waals surface area (Å²) in [6.45, 7) is 7.28. The highest BCUT2D eigenvalue weighted by Gasteiger charge is 2.51. The second-order valence-corrected chi connectivity index (χ2v) is 12.6. The van der Waals surface area contributed by atoms with Gasteiger partial charge in [-0.15, -0.1) is 0 Å². The third-order valence-electron chi connectivity index (χ3n) is 8.48. The van der Waals surface area contributed by atoms with Crippen LogP contribution in [0.2, 0.25) is 0 Å². The fraction of sp³-hybridized carbons (Fsp3) is 0.633. The van der Waals surface area contributed by atoms with E-state index in [2.05, 4.69) is 5.32 Å². The summed E-state index contributed by atoms with van der Waals surface area (Å²) in [4.78, 5) is 50.2. The van der Waals surface area contributed by atoms with Crippen LogP contribution in [0.3, 0.4) is 0 Å². The van der Waals surface area contributed by atoms with Crippen molar-refractivity contribution >= 4 is 29.0 Å². The van der Waals surface area contributed by atoms with E-state index in [1.54, 1.807) is 20.1 Å². The first-order valence-electron chi connectivity index (χ1n) is 14.5. The van der Waals surface area contributed by atoms with Gasteiger partial charge in [0.05, 0.1) is 24.7 Å². The van der Waals surface area contributed by atoms with E-state index in [9.17, 15) is 19.5 Å². The Kier molecular flexibility index (Phi) is 7.98. The first-order valence-corrected chi connectivity index (χ1v) is 14.5. The van der Waals surface area contributed by atoms with E-state index in [1.807, 2.05) is 32.9 Å². The van der Waals surface area contributed by atoms with Crippen molar-refractivity contribution in [1.82, 2.24) is 20.2 Å². The quantitative estimate of drug-likeness (QED) is 0.551. The molecule has 1 aromatic carbocycles. The lowest BCUT2D eigenvalue weighted by Crippen LogP contribution is -2.57. The van der Waals surface area contributed by atoms with E-state index in [1.165, 1.54) is 4.90 Å². The highest BCUT2D eigenvalue weighted by atomic mass is 16.6. The summed E-state index contributed by atoms with van der Waals surface area (Å²) in [6, 6.07) is 3.37. The Bertz CT molecular complexity index is 1330. The largest absolute Gasteiger partial charge is 0.497 e. The number of hydrogen-bond donors (Lipinski definition) is 2. The summed E-state index contributed by atoms with van der Waals surface area (Å²) in [5, 5.41) is 12.9. The average Bonchev–Trinajstić information content (AvgIpc) is 3.56. The van der Waals surface area contributed by atoms with Gasteiger partial charge in [-0.05, 0) is 49.1 Å². The number of amides is 2. The zero-order valence-corrected chi connectivity index (χ0v) is 24.4. The van der Waals surface area contributed by atoms with Crippen LogP contribution in [0, 0.1) is 17.3 Å². The molecule has 0 radical (unpaired) electrons. The Morgan fingerprint density at radius 2 is 1.88 bits per heavy atom. The number of carboxylic acids is 1. The maximum absolute atomic E-state index is 13.9. The molecule has 1 aromatic heterocycles. The highest BCUT2D eigenvalue weighted by molar-refractivity contribution is 5.90. The lowest BCUT2D eigenvalue weighted by atomic mass is 9.85. The second-order valence-electron chi connectivity index (χ2n) is 12.6. The van der Waals surface area contributed by atoms with E-state index in [4.69, 9.17) is 24.2 Å². The Hall–Kier alpha value is -3.63. The van der Waals surface area contributed by atoms with Crippen LogP contribution in [-0.4, -0.2) is 75.9 Å². The molecule has 1 aliphatic carbocycles. The number of aromatic nitrogens is 2. The number of nitrogens with zero attached hydrogens (tertiary/aromatic N) is 3. The lowest BCUT2D eigenvalue weighted by molar-refractivity contribution is -0.151. The molecule has 11 heteroatoms. The predicted octanol–water partition coefficient (Wildman–Crippen LogP) is 3.96. The molecule has 1 saturated carbocycles. The summed E-state index contributed by atoms with van der Waals surface area (Å²) in [5.74, 6) is -0.861. The minimum absolute atomic E-state index is 0.0300. The number of alkyl carbamates (subject to hydrolysis) is 1. The van der Waals surface area contributed by atoms with E-state index in [0.717, 1.165) is 37.6 Å². The van der Waals surface area contributed by atoms with Crippen molar-refractivity contribution < 1.29 is 33.7 Å². The van der Waals surface area contributed by atoms with Crippen LogP contribution in [0.1, 0.15) is 65.5 Å². The van der Waals surface area contributed by atoms with Crippen LogP contribution in [0.4, 0.5) is 4.79 Å². The van der Waals surface area contributed by atoms with Crippen molar-refractivity contribution in [1.29, 1.82) is 0 Å². The summed E-state index contributed by atoms with van der Waals surface area (Å²) in [6.07, 6.45) is 3.82. The van der Waals surface area contributed by atoms with Crippen LogP contribution in [0.5, 0.6) is 11.6 Å². The zero-order valence-electron chi connectivity index (χ0n) is 24.4. The Morgan fingerprint density at radius 1 is 1.10 bits per heavy atom. The van der Waals surface area contributed by atoms with E-state index in [0.29, 0.717) is 35.2 Å². The van der Waals surface area contributed by atoms with Crippen LogP contribution >= 0.6 is 0 Å². The number of carbonyl (C=O) groups excluding carboxylic acids is 2. The molecule has 2 aliphatic heterocycles. The number of ether oxygens (including phenoxy) is 3. The number of rotatable bonds is 2. The number of nitrogens with one attached hydrogen (secondary N) is 1. The molecule has 41 heavy (non-hydrogen) atoms. The van der Waals surface area contributed by atoms with Gasteiger partial charge in [-0.25, -0.2) is 19.6 Å². The summed E-state index contributed by atoms with van der Waals surface area (Å²) in [7, 11) is 1.58. The average molecular weight is 569 g/mol. The van der Waals surface area contributed by atoms with Gasteiger partial charge in [0.15, 0.2) is 0 Å². The summed E-state index contributed by atoms with van der Waals surface area (Å²) < 4.78 is 17.4. The number of aliphatic carboxylic acids is 1. The Morgan fingerprint density at radius 3 is 2.59 bits per heavy atom. The first-order chi connectivity index (χ1) is 19.5. The van der Waals surface area contributed by atoms with Gasteiger partial charge in [0, 0.05) is 12.0 Å². The van der Waals surface area contributed by atoms with Crippen LogP contribution < -0.4 is 14.8 Å². The molecule has 1 unspecified atom stereocenters. The number of carbonyl (C=O) groups is 3. The zero-order chi connectivity index (χ0) is 29.5. The molecule has 2 amide bonds. The molecule has 0 spiro atoms. The molecule has 2 fully saturated rings. The molecule has 2 aromatic rings. The maximum Gasteiger partial charge on any atom is 0.408 e. The van der Waals surface area contributed by atoms with E-state index < -0.39 is 47.5 Å². The molecule has 3 aliphatic rings. The Balaban J connectivity index is 1.51. The van der Waals surface area contributed by atoms with Gasteiger partial charge < -0.3 is 29.5 Å². The standard InChI is InChI=1S/C30H40N4O7/c1-16-23-15-34(24(16)28(36)37)27(35)25(30(2,3)4)33-29(38)41-22-13-17(22)9-7-6-8-10-20-26(40-23)32-21-14-18(39-5)11-12-19(21)31-20/h11-12,14,16-17,22-25H,6-10,13,15H2,1-5H3,(H,33,38)(H,36,37)/t16-,17?,22-,23+,24+,25-/m1/s1. The van der Waals surface area contributed by atoms with Gasteiger partial charge in [-0.2, -0.15) is 0 Å². The third kappa shape index (κ3) is 6.18. The van der Waals surface area contributed by atoms with Crippen LogP contribution in [0.15, 0.2) is 18.2 Å². The molecule has 222 valence electrons. The fourth-order valence-corrected chi connectivity index (χ4v) is 5.92. The normalized spacial score (nSPS) is 29.2. The fourth-order valence-electron chi connectivity index (χ4n) is 5.92. The molecule has 5 rings (SSSR count). The van der Waals surface area contributed by atoms with Gasteiger partial charge in [0.2, 0.25) is 11.8 Å². The topological polar surface area (TPSA) is 140 Å². The summed E-state index contributed by atoms with van der Waals surface area (Å²) in [5.41, 5.74) is 1.34. The molecule has 2 bridgehead atoms. The highest BCUT2D eigenvalue weighted by Crippen LogP contribution is 2.39. The van der Waals surface area contributed by atoms with Gasteiger partial charge in [-0.3, -0.25) is 4.79 Å². The molecular weight excluding hydrogens is 528 g/mol. The van der Waals surface area contributed by atoms with Crippen molar-refractivity contribution in [3.63, 3.8) is 0 Å². The second kappa shape index (κ2) is 11.3. The van der Waals surface area contributed by atoms with Gasteiger partial charge in [-0.1, -0.05) is 40.5 Å². The number of methoxy groups -OCH3 is 1. The van der Waals surface area contributed by atoms with Crippen molar-refractivity contribution in [2.24, 2.45) is 17.3 Å². The monoisotopic (exact) mass is 568 g/mol. The number of aryl methyl sites for hydroxylation is 1. The van der Waals surface area contributed by atoms with E-state index >= 15 is 0 Å². The minimum Gasteiger partial charge on any atom is -0.497 e. The third-order valence-corrected chi connectivity index (χ3v) is 8.48. The molecule has 1 saturated heterocycles. The maximum atomic E-state index is 13.9. The molecule has 11 nitrogen and oxygen atoms in total. The number of fused-ring (bicyclic) bond motifs is 5. The van der Waals surface area contributed by atoms with Crippen LogP contribution in [0.25, 0.3) is 11.0 Å². The molecular formula is C30H40N4O7.